The van der Waals surface area contributed by atoms with Crippen molar-refractivity contribution < 1.29 is 36.2 Å². The average Bonchev–Trinajstić information content (AvgIpc) is 3.50. The van der Waals surface area contributed by atoms with E-state index < -0.39 is 34.1 Å². The molecule has 0 unspecified atom stereocenters. The topological polar surface area (TPSA) is 95.0 Å². The Morgan fingerprint density at radius 3 is 2.57 bits per heavy atom. The Balaban J connectivity index is 1.31. The van der Waals surface area contributed by atoms with Gasteiger partial charge in [0, 0.05) is 35.8 Å². The lowest BCUT2D eigenvalue weighted by Crippen LogP contribution is -2.40. The number of nitrogens with zero attached hydrogens (tertiary/aromatic N) is 2. The fourth-order valence-corrected chi connectivity index (χ4v) is 10.1. The fourth-order valence-electron chi connectivity index (χ4n) is 5.04. The van der Waals surface area contributed by atoms with Gasteiger partial charge in [-0.05, 0) is 66.5 Å². The van der Waals surface area contributed by atoms with E-state index in [1.807, 2.05) is 25.1 Å². The van der Waals surface area contributed by atoms with E-state index in [9.17, 15) is 22.0 Å². The number of rotatable bonds is 12. The molecule has 8 nitrogen and oxygen atoms in total. The number of pyridine rings is 1. The van der Waals surface area contributed by atoms with Crippen LogP contribution in [-0.2, 0) is 26.0 Å². The van der Waals surface area contributed by atoms with Crippen molar-refractivity contribution in [3.63, 3.8) is 0 Å². The van der Waals surface area contributed by atoms with Gasteiger partial charge in [-0.3, -0.25) is 4.98 Å². The van der Waals surface area contributed by atoms with Crippen LogP contribution in [0.3, 0.4) is 0 Å². The first kappa shape index (κ1) is 33.2. The highest BCUT2D eigenvalue weighted by Crippen LogP contribution is 2.40. The van der Waals surface area contributed by atoms with Crippen molar-refractivity contribution >= 4 is 72.4 Å². The van der Waals surface area contributed by atoms with E-state index in [0.29, 0.717) is 29.4 Å². The third-order valence-corrected chi connectivity index (χ3v) is 13.0. The van der Waals surface area contributed by atoms with Gasteiger partial charge in [0.15, 0.2) is 16.9 Å². The molecule has 2 aliphatic rings. The maximum absolute atomic E-state index is 13.8. The van der Waals surface area contributed by atoms with Gasteiger partial charge in [-0.25, -0.2) is 13.2 Å². The second kappa shape index (κ2) is 13.8. The van der Waals surface area contributed by atoms with Crippen LogP contribution >= 0.6 is 46.3 Å². The highest BCUT2D eigenvalue weighted by molar-refractivity contribution is 8.02. The number of hydrogen-bond acceptors (Lipinski definition) is 9. The smallest absolute Gasteiger partial charge is 0.387 e. The first-order valence-electron chi connectivity index (χ1n) is 14.3. The zero-order chi connectivity index (χ0) is 32.6. The third-order valence-electron chi connectivity index (χ3n) is 7.59. The first-order valence-corrected chi connectivity index (χ1v) is 18.4. The van der Waals surface area contributed by atoms with Crippen molar-refractivity contribution in [3.8, 4) is 11.5 Å². The normalized spacial score (nSPS) is 17.8. The molecule has 6 rings (SSSR count). The molecule has 1 saturated carbocycles. The lowest BCUT2D eigenvalue weighted by atomic mass is 10.0. The molecule has 244 valence electrons. The van der Waals surface area contributed by atoms with Crippen LogP contribution < -0.4 is 9.47 Å². The van der Waals surface area contributed by atoms with Crippen LogP contribution in [0.1, 0.15) is 35.6 Å². The molecule has 2 aromatic carbocycles. The Kier molecular flexibility index (Phi) is 9.98. The lowest BCUT2D eigenvalue weighted by Gasteiger charge is -2.25. The number of sulfonamides is 1. The van der Waals surface area contributed by atoms with Crippen molar-refractivity contribution in [1.29, 1.82) is 0 Å². The van der Waals surface area contributed by atoms with E-state index in [4.69, 9.17) is 32.7 Å². The molecule has 0 bridgehead atoms. The second-order valence-electron chi connectivity index (χ2n) is 11.0. The zero-order valence-corrected chi connectivity index (χ0v) is 28.3. The monoisotopic (exact) mass is 728 g/mol. The predicted molar refractivity (Wildman–Crippen MR) is 175 cm³/mol. The first-order chi connectivity index (χ1) is 22.0. The van der Waals surface area contributed by atoms with Gasteiger partial charge in [-0.1, -0.05) is 47.0 Å². The van der Waals surface area contributed by atoms with Crippen molar-refractivity contribution in [2.45, 2.75) is 48.5 Å². The minimum Gasteiger partial charge on any atom is -0.489 e. The lowest BCUT2D eigenvalue weighted by molar-refractivity contribution is -0.150. The van der Waals surface area contributed by atoms with Gasteiger partial charge >= 0.3 is 12.6 Å². The third kappa shape index (κ3) is 7.39. The van der Waals surface area contributed by atoms with Crippen molar-refractivity contribution in [2.24, 2.45) is 5.92 Å². The van der Waals surface area contributed by atoms with Gasteiger partial charge in [-0.15, -0.1) is 23.1 Å². The number of alkyl halides is 2. The molecule has 0 spiro atoms. The number of fused-ring (bicyclic) bond motifs is 1. The van der Waals surface area contributed by atoms with Gasteiger partial charge in [0.2, 0.25) is 0 Å². The summed E-state index contributed by atoms with van der Waals surface area (Å²) in [6, 6.07) is 11.6. The molecule has 1 saturated heterocycles. The van der Waals surface area contributed by atoms with Crippen LogP contribution in [0, 0.1) is 12.8 Å². The van der Waals surface area contributed by atoms with Crippen LogP contribution in [0.15, 0.2) is 59.1 Å². The van der Waals surface area contributed by atoms with E-state index >= 15 is 0 Å². The minimum absolute atomic E-state index is 0.0111. The molecule has 4 aromatic rings. The summed E-state index contributed by atoms with van der Waals surface area (Å²) in [7, 11) is -4.04. The van der Waals surface area contributed by atoms with Crippen LogP contribution in [0.2, 0.25) is 10.0 Å². The van der Waals surface area contributed by atoms with Crippen LogP contribution in [-0.4, -0.2) is 54.6 Å². The highest BCUT2D eigenvalue weighted by atomic mass is 35.5. The van der Waals surface area contributed by atoms with E-state index in [2.05, 4.69) is 9.72 Å². The summed E-state index contributed by atoms with van der Waals surface area (Å²) >= 11 is 15.1. The number of thiophene rings is 1. The van der Waals surface area contributed by atoms with Gasteiger partial charge < -0.3 is 14.2 Å². The van der Waals surface area contributed by atoms with Crippen LogP contribution in [0.25, 0.3) is 10.1 Å². The number of carbonyl (C=O) groups excluding carboxylic acids is 1. The van der Waals surface area contributed by atoms with Crippen LogP contribution in [0.5, 0.6) is 11.5 Å². The summed E-state index contributed by atoms with van der Waals surface area (Å²) in [5.41, 5.74) is 1.83. The molecule has 15 heteroatoms. The SMILES string of the molecule is Cc1ccc2sc(S(=O)(=O)N3CCS[C@H]3C(=O)O[C@@H](Cc3c(Cl)cncc3Cl)c3ccc(OC(F)F)c(OCC4CC4)c3)cc2c1. The summed E-state index contributed by atoms with van der Waals surface area (Å²) in [6.45, 7) is -0.711. The highest BCUT2D eigenvalue weighted by Gasteiger charge is 2.43. The maximum Gasteiger partial charge on any atom is 0.387 e. The molecule has 2 atom stereocenters. The van der Waals surface area contributed by atoms with E-state index in [0.717, 1.165) is 55.9 Å². The molecule has 1 aliphatic carbocycles. The molecule has 0 radical (unpaired) electrons. The minimum atomic E-state index is -4.04. The molecule has 0 amide bonds. The number of aryl methyl sites for hydroxylation is 1. The molecular formula is C31H28Cl2F2N2O6S3. The van der Waals surface area contributed by atoms with E-state index in [-0.39, 0.29) is 38.7 Å². The number of carbonyl (C=O) groups is 1. The number of thioether (sulfide) groups is 1. The molecule has 46 heavy (non-hydrogen) atoms. The zero-order valence-electron chi connectivity index (χ0n) is 24.3. The number of esters is 1. The second-order valence-corrected chi connectivity index (χ2v) is 16.2. The molecule has 2 aromatic heterocycles. The Bertz CT molecular complexity index is 1850. The number of hydrogen-bond donors (Lipinski definition) is 0. The summed E-state index contributed by atoms with van der Waals surface area (Å²) in [5, 5.41) is 0.112. The Morgan fingerprint density at radius 2 is 1.85 bits per heavy atom. The van der Waals surface area contributed by atoms with Gasteiger partial charge in [-0.2, -0.15) is 13.1 Å². The fraction of sp³-hybridized carbons (Fsp3) is 0.355. The summed E-state index contributed by atoms with van der Waals surface area (Å²) < 4.78 is 72.7. The quantitative estimate of drug-likeness (QED) is 0.136. The van der Waals surface area contributed by atoms with Crippen molar-refractivity contribution in [2.75, 3.05) is 18.9 Å². The number of benzene rings is 2. The van der Waals surface area contributed by atoms with Crippen LogP contribution in [0.4, 0.5) is 8.78 Å². The molecule has 1 aliphatic heterocycles. The average molecular weight is 730 g/mol. The Hall–Kier alpha value is -2.68. The summed E-state index contributed by atoms with van der Waals surface area (Å²) in [5.74, 6) is -0.177. The predicted octanol–water partition coefficient (Wildman–Crippen LogP) is 7.89. The Labute approximate surface area is 283 Å². The standard InChI is InChI=1S/C31H28Cl2F2N2O6S3/c1-17-2-7-27-20(10-17)12-28(45-27)46(39,40)37-8-9-44-29(37)30(38)42-25(13-21-22(32)14-36-15-23(21)33)19-5-6-24(43-31(34)35)26(11-19)41-16-18-3-4-18/h2,5-7,10-12,14-15,18,25,29,31H,3-4,8-9,13,16H2,1H3/t25-,29-/m0/s1. The van der Waals surface area contributed by atoms with E-state index in [1.165, 1.54) is 30.6 Å². The number of aromatic nitrogens is 1. The molecule has 0 N–H and O–H groups in total. The molecule has 3 heterocycles. The van der Waals surface area contributed by atoms with Crippen molar-refractivity contribution in [3.05, 3.63) is 81.6 Å². The number of ether oxygens (including phenoxy) is 3. The Morgan fingerprint density at radius 1 is 1.09 bits per heavy atom. The number of halogens is 4. The molecular weight excluding hydrogens is 701 g/mol. The van der Waals surface area contributed by atoms with Gasteiger partial charge in [0.25, 0.3) is 10.0 Å². The maximum atomic E-state index is 13.8. The van der Waals surface area contributed by atoms with E-state index in [1.54, 1.807) is 6.07 Å². The van der Waals surface area contributed by atoms with Gasteiger partial charge in [0.05, 0.1) is 16.7 Å². The largest absolute Gasteiger partial charge is 0.489 e. The van der Waals surface area contributed by atoms with Crippen molar-refractivity contribution in [1.82, 2.24) is 9.29 Å². The molecule has 2 fully saturated rings. The van der Waals surface area contributed by atoms with Gasteiger partial charge in [0.1, 0.15) is 10.3 Å². The summed E-state index contributed by atoms with van der Waals surface area (Å²) in [6.07, 6.45) is 3.69. The summed E-state index contributed by atoms with van der Waals surface area (Å²) in [4.78, 5) is 17.8.